The van der Waals surface area contributed by atoms with Crippen LogP contribution in [0, 0.1) is 0 Å². The van der Waals surface area contributed by atoms with Crippen LogP contribution >= 0.6 is 34.8 Å². The molecule has 1 N–H and O–H groups in total. The van der Waals surface area contributed by atoms with Crippen LogP contribution in [0.25, 0.3) is 0 Å². The number of benzene rings is 1. The van der Waals surface area contributed by atoms with Gasteiger partial charge in [0.1, 0.15) is 12.2 Å². The van der Waals surface area contributed by atoms with Crippen molar-refractivity contribution in [2.75, 3.05) is 20.3 Å². The molecule has 0 aromatic heterocycles. The molecule has 1 aromatic carbocycles. The van der Waals surface area contributed by atoms with E-state index in [0.29, 0.717) is 40.5 Å². The molecule has 1 aromatic rings. The van der Waals surface area contributed by atoms with Gasteiger partial charge in [0.25, 0.3) is 0 Å². The number of hydrogen-bond donors (Lipinski definition) is 1. The number of halogens is 3. The largest absolute Gasteiger partial charge is 0.484 e. The summed E-state index contributed by atoms with van der Waals surface area (Å²) in [6.45, 7) is 0.846. The van der Waals surface area contributed by atoms with E-state index in [0.717, 1.165) is 0 Å². The number of rotatable bonds is 6. The summed E-state index contributed by atoms with van der Waals surface area (Å²) in [5, 5.41) is 10.8. The van der Waals surface area contributed by atoms with Crippen LogP contribution in [0.2, 0.25) is 15.1 Å². The van der Waals surface area contributed by atoms with Gasteiger partial charge in [-0.2, -0.15) is 0 Å². The van der Waals surface area contributed by atoms with Crippen molar-refractivity contribution in [3.63, 3.8) is 0 Å². The highest BCUT2D eigenvalue weighted by molar-refractivity contribution is 6.40. The van der Waals surface area contributed by atoms with Crippen LogP contribution in [0.5, 0.6) is 5.75 Å². The molecule has 1 aliphatic rings. The van der Waals surface area contributed by atoms with Crippen molar-refractivity contribution < 1.29 is 19.3 Å². The molecule has 0 bridgehead atoms. The van der Waals surface area contributed by atoms with Gasteiger partial charge in [-0.25, -0.2) is 0 Å². The lowest BCUT2D eigenvalue weighted by Gasteiger charge is -2.41. The van der Waals surface area contributed by atoms with E-state index in [4.69, 9.17) is 49.0 Å². The SMILES string of the molecule is COCCOC1C(O)CC1Oc1c(Cl)cc(Cl)cc1Cl. The average molecular weight is 342 g/mol. The van der Waals surface area contributed by atoms with Crippen LogP contribution in [0.3, 0.4) is 0 Å². The van der Waals surface area contributed by atoms with E-state index < -0.39 is 12.2 Å². The van der Waals surface area contributed by atoms with Gasteiger partial charge in [-0.05, 0) is 12.1 Å². The molecule has 1 aliphatic carbocycles. The summed E-state index contributed by atoms with van der Waals surface area (Å²) in [6.07, 6.45) is -0.792. The molecule has 1 saturated carbocycles. The Kier molecular flexibility index (Phi) is 5.78. The quantitative estimate of drug-likeness (QED) is 0.807. The monoisotopic (exact) mass is 340 g/mol. The minimum absolute atomic E-state index is 0.293. The van der Waals surface area contributed by atoms with Crippen molar-refractivity contribution in [3.8, 4) is 5.75 Å². The first-order valence-electron chi connectivity index (χ1n) is 6.12. The Morgan fingerprint density at radius 1 is 1.20 bits per heavy atom. The van der Waals surface area contributed by atoms with Gasteiger partial charge in [0, 0.05) is 18.6 Å². The van der Waals surface area contributed by atoms with Crippen molar-refractivity contribution in [2.24, 2.45) is 0 Å². The lowest BCUT2D eigenvalue weighted by Crippen LogP contribution is -2.55. The fourth-order valence-electron chi connectivity index (χ4n) is 1.95. The van der Waals surface area contributed by atoms with Crippen molar-refractivity contribution in [1.82, 2.24) is 0 Å². The molecule has 3 atom stereocenters. The summed E-state index contributed by atoms with van der Waals surface area (Å²) in [6, 6.07) is 3.11. The Balaban J connectivity index is 1.99. The van der Waals surface area contributed by atoms with E-state index in [-0.39, 0.29) is 6.10 Å². The van der Waals surface area contributed by atoms with E-state index in [1.165, 1.54) is 0 Å². The standard InChI is InChI=1S/C13H15Cl3O4/c1-18-2-3-19-13-10(17)6-11(13)20-12-8(15)4-7(14)5-9(12)16/h4-5,10-11,13,17H,2-3,6H2,1H3. The van der Waals surface area contributed by atoms with Gasteiger partial charge < -0.3 is 19.3 Å². The topological polar surface area (TPSA) is 47.9 Å². The van der Waals surface area contributed by atoms with E-state index in [9.17, 15) is 5.11 Å². The van der Waals surface area contributed by atoms with Crippen LogP contribution < -0.4 is 4.74 Å². The van der Waals surface area contributed by atoms with Crippen LogP contribution in [0.15, 0.2) is 12.1 Å². The minimum Gasteiger partial charge on any atom is -0.484 e. The predicted molar refractivity (Wildman–Crippen MR) is 78.1 cm³/mol. The molecule has 7 heteroatoms. The van der Waals surface area contributed by atoms with Crippen molar-refractivity contribution >= 4 is 34.8 Å². The smallest absolute Gasteiger partial charge is 0.157 e. The molecule has 1 fully saturated rings. The average Bonchev–Trinajstić information content (AvgIpc) is 2.37. The highest BCUT2D eigenvalue weighted by atomic mass is 35.5. The van der Waals surface area contributed by atoms with Gasteiger partial charge >= 0.3 is 0 Å². The van der Waals surface area contributed by atoms with Gasteiger partial charge in [0.15, 0.2) is 5.75 Å². The predicted octanol–water partition coefficient (Wildman–Crippen LogP) is 3.19. The van der Waals surface area contributed by atoms with Crippen molar-refractivity contribution in [1.29, 1.82) is 0 Å². The van der Waals surface area contributed by atoms with E-state index in [2.05, 4.69) is 0 Å². The van der Waals surface area contributed by atoms with Crippen LogP contribution in [-0.4, -0.2) is 43.7 Å². The molecule has 0 heterocycles. The second-order valence-electron chi connectivity index (χ2n) is 4.49. The third-order valence-corrected chi connectivity index (χ3v) is 3.83. The first kappa shape index (κ1) is 16.1. The lowest BCUT2D eigenvalue weighted by atomic mass is 9.88. The second kappa shape index (κ2) is 7.16. The molecule has 0 spiro atoms. The van der Waals surface area contributed by atoms with Gasteiger partial charge in [-0.15, -0.1) is 0 Å². The first-order chi connectivity index (χ1) is 9.52. The maximum Gasteiger partial charge on any atom is 0.157 e. The lowest BCUT2D eigenvalue weighted by molar-refractivity contribution is -0.167. The normalized spacial score (nSPS) is 25.4. The summed E-state index contributed by atoms with van der Waals surface area (Å²) in [5.74, 6) is 0.356. The molecule has 4 nitrogen and oxygen atoms in total. The third kappa shape index (κ3) is 3.70. The molecule has 2 rings (SSSR count). The summed E-state index contributed by atoms with van der Waals surface area (Å²) in [7, 11) is 1.59. The van der Waals surface area contributed by atoms with Gasteiger partial charge in [-0.1, -0.05) is 34.8 Å². The zero-order chi connectivity index (χ0) is 14.7. The Morgan fingerprint density at radius 3 is 2.40 bits per heavy atom. The van der Waals surface area contributed by atoms with E-state index >= 15 is 0 Å². The second-order valence-corrected chi connectivity index (χ2v) is 5.74. The third-order valence-electron chi connectivity index (χ3n) is 3.05. The molecule has 3 unspecified atom stereocenters. The fourth-order valence-corrected chi connectivity index (χ4v) is 2.86. The number of ether oxygens (including phenoxy) is 3. The number of methoxy groups -OCH3 is 1. The number of aliphatic hydroxyl groups excluding tert-OH is 1. The van der Waals surface area contributed by atoms with Crippen LogP contribution in [0.4, 0.5) is 0 Å². The molecular formula is C13H15Cl3O4. The first-order valence-corrected chi connectivity index (χ1v) is 7.26. The molecule has 0 saturated heterocycles. The van der Waals surface area contributed by atoms with Crippen molar-refractivity contribution in [3.05, 3.63) is 27.2 Å². The maximum absolute atomic E-state index is 9.71. The fraction of sp³-hybridized carbons (Fsp3) is 0.538. The summed E-state index contributed by atoms with van der Waals surface area (Å²) >= 11 is 17.9. The molecular weight excluding hydrogens is 326 g/mol. The van der Waals surface area contributed by atoms with Crippen LogP contribution in [0.1, 0.15) is 6.42 Å². The van der Waals surface area contributed by atoms with Crippen molar-refractivity contribution in [2.45, 2.75) is 24.7 Å². The summed E-state index contributed by atoms with van der Waals surface area (Å²) < 4.78 is 16.1. The molecule has 0 aliphatic heterocycles. The minimum atomic E-state index is -0.554. The molecule has 0 radical (unpaired) electrons. The number of aliphatic hydroxyl groups is 1. The Labute approximate surface area is 132 Å². The summed E-state index contributed by atoms with van der Waals surface area (Å²) in [5.41, 5.74) is 0. The Hall–Kier alpha value is -0.230. The highest BCUT2D eigenvalue weighted by Gasteiger charge is 2.43. The van der Waals surface area contributed by atoms with Crippen LogP contribution in [-0.2, 0) is 9.47 Å². The Bertz CT molecular complexity index is 446. The molecule has 112 valence electrons. The highest BCUT2D eigenvalue weighted by Crippen LogP contribution is 2.39. The van der Waals surface area contributed by atoms with E-state index in [1.807, 2.05) is 0 Å². The zero-order valence-corrected chi connectivity index (χ0v) is 13.1. The van der Waals surface area contributed by atoms with Gasteiger partial charge in [0.05, 0.1) is 29.4 Å². The van der Waals surface area contributed by atoms with E-state index in [1.54, 1.807) is 19.2 Å². The number of hydrogen-bond acceptors (Lipinski definition) is 4. The zero-order valence-electron chi connectivity index (χ0n) is 10.8. The maximum atomic E-state index is 9.71. The molecule has 20 heavy (non-hydrogen) atoms. The van der Waals surface area contributed by atoms with Gasteiger partial charge in [0.2, 0.25) is 0 Å². The Morgan fingerprint density at radius 2 is 1.85 bits per heavy atom. The van der Waals surface area contributed by atoms with Gasteiger partial charge in [-0.3, -0.25) is 0 Å². The summed E-state index contributed by atoms with van der Waals surface area (Å²) in [4.78, 5) is 0. The molecule has 0 amide bonds.